The average Bonchev–Trinajstić information content (AvgIpc) is 3.01. The molecule has 1 aromatic rings. The molecule has 1 heterocycles. The van der Waals surface area contributed by atoms with Crippen molar-refractivity contribution in [1.29, 1.82) is 0 Å². The van der Waals surface area contributed by atoms with Crippen molar-refractivity contribution in [2.45, 2.75) is 45.8 Å². The quantitative estimate of drug-likeness (QED) is 0.811. The number of anilines is 1. The van der Waals surface area contributed by atoms with Crippen LogP contribution in [0.2, 0.25) is 0 Å². The number of carbonyl (C=O) groups excluding carboxylic acids is 1. The Hall–Kier alpha value is -2.09. The van der Waals surface area contributed by atoms with Gasteiger partial charge in [-0.25, -0.2) is 0 Å². The van der Waals surface area contributed by atoms with E-state index in [9.17, 15) is 22.8 Å². The standard InChI is InChI=1S/C19H25F3N2O3/c1-10(2)13-7-5-6-11(3)16(13)23-17(25)12(4)24-8-14(18(26)27)15(9-24)19(20,21)22/h5-7,10,12,14-15H,8-9H2,1-4H3,(H,23,25)(H,26,27)/t12?,14-,15-/m1/s1. The fraction of sp³-hybridized carbons (Fsp3) is 0.579. The number of alkyl halides is 3. The van der Waals surface area contributed by atoms with Crippen LogP contribution in [0.5, 0.6) is 0 Å². The molecule has 1 aliphatic heterocycles. The Morgan fingerprint density at radius 1 is 1.22 bits per heavy atom. The van der Waals surface area contributed by atoms with Gasteiger partial charge in [0.05, 0.1) is 17.9 Å². The first-order valence-corrected chi connectivity index (χ1v) is 8.87. The van der Waals surface area contributed by atoms with Crippen LogP contribution in [0.15, 0.2) is 18.2 Å². The molecular weight excluding hydrogens is 361 g/mol. The molecule has 3 atom stereocenters. The highest BCUT2D eigenvalue weighted by molar-refractivity contribution is 5.96. The summed E-state index contributed by atoms with van der Waals surface area (Å²) in [7, 11) is 0. The van der Waals surface area contributed by atoms with Gasteiger partial charge < -0.3 is 10.4 Å². The summed E-state index contributed by atoms with van der Waals surface area (Å²) in [6.07, 6.45) is -4.62. The van der Waals surface area contributed by atoms with Gasteiger partial charge in [0.15, 0.2) is 0 Å². The number of para-hydroxylation sites is 1. The van der Waals surface area contributed by atoms with Crippen LogP contribution >= 0.6 is 0 Å². The van der Waals surface area contributed by atoms with E-state index in [1.54, 1.807) is 0 Å². The molecule has 1 aliphatic rings. The minimum absolute atomic E-state index is 0.160. The Bertz CT molecular complexity index is 719. The van der Waals surface area contributed by atoms with Crippen LogP contribution in [0.4, 0.5) is 18.9 Å². The molecule has 0 bridgehead atoms. The lowest BCUT2D eigenvalue weighted by Gasteiger charge is -2.25. The van der Waals surface area contributed by atoms with E-state index in [-0.39, 0.29) is 12.5 Å². The van der Waals surface area contributed by atoms with Crippen LogP contribution in [0, 0.1) is 18.8 Å². The number of rotatable bonds is 5. The largest absolute Gasteiger partial charge is 0.481 e. The zero-order chi connectivity index (χ0) is 20.5. The van der Waals surface area contributed by atoms with Gasteiger partial charge in [-0.3, -0.25) is 14.5 Å². The van der Waals surface area contributed by atoms with Crippen LogP contribution in [-0.2, 0) is 9.59 Å². The Morgan fingerprint density at radius 3 is 2.33 bits per heavy atom. The summed E-state index contributed by atoms with van der Waals surface area (Å²) in [5.74, 6) is -5.32. The number of halogens is 3. The molecule has 27 heavy (non-hydrogen) atoms. The third kappa shape index (κ3) is 4.61. The normalized spacial score (nSPS) is 22.1. The molecule has 8 heteroatoms. The van der Waals surface area contributed by atoms with Crippen molar-refractivity contribution in [3.8, 4) is 0 Å². The minimum atomic E-state index is -4.62. The average molecular weight is 386 g/mol. The number of aliphatic carboxylic acids is 1. The van der Waals surface area contributed by atoms with E-state index in [1.807, 2.05) is 39.0 Å². The van der Waals surface area contributed by atoms with Crippen molar-refractivity contribution in [2.75, 3.05) is 18.4 Å². The fourth-order valence-corrected chi connectivity index (χ4v) is 3.47. The Balaban J connectivity index is 2.18. The van der Waals surface area contributed by atoms with Gasteiger partial charge >= 0.3 is 12.1 Å². The van der Waals surface area contributed by atoms with Crippen molar-refractivity contribution < 1.29 is 27.9 Å². The summed E-state index contributed by atoms with van der Waals surface area (Å²) in [4.78, 5) is 25.2. The molecule has 0 radical (unpaired) electrons. The van der Waals surface area contributed by atoms with Gasteiger partial charge in [-0.1, -0.05) is 32.0 Å². The third-order valence-electron chi connectivity index (χ3n) is 5.19. The van der Waals surface area contributed by atoms with Crippen LogP contribution in [0.1, 0.15) is 37.8 Å². The number of carboxylic acid groups (broad SMARTS) is 1. The van der Waals surface area contributed by atoms with Crippen LogP contribution in [0.25, 0.3) is 0 Å². The molecule has 0 spiro atoms. The number of carbonyl (C=O) groups is 2. The fourth-order valence-electron chi connectivity index (χ4n) is 3.47. The first-order chi connectivity index (χ1) is 12.4. The van der Waals surface area contributed by atoms with E-state index >= 15 is 0 Å². The molecule has 2 rings (SSSR count). The van der Waals surface area contributed by atoms with Crippen molar-refractivity contribution in [2.24, 2.45) is 11.8 Å². The molecule has 2 N–H and O–H groups in total. The topological polar surface area (TPSA) is 69.6 Å². The van der Waals surface area contributed by atoms with Gasteiger partial charge in [0.25, 0.3) is 0 Å². The second-order valence-electron chi connectivity index (χ2n) is 7.41. The molecule has 0 aromatic heterocycles. The maximum absolute atomic E-state index is 13.2. The monoisotopic (exact) mass is 386 g/mol. The molecule has 0 saturated carbocycles. The summed E-state index contributed by atoms with van der Waals surface area (Å²) < 4.78 is 39.5. The zero-order valence-electron chi connectivity index (χ0n) is 15.8. The molecule has 5 nitrogen and oxygen atoms in total. The molecule has 150 valence electrons. The first kappa shape index (κ1) is 21.2. The molecule has 1 fully saturated rings. The number of nitrogens with zero attached hydrogens (tertiary/aromatic N) is 1. The predicted octanol–water partition coefficient (Wildman–Crippen LogP) is 3.64. The summed E-state index contributed by atoms with van der Waals surface area (Å²) >= 11 is 0. The lowest BCUT2D eigenvalue weighted by Crippen LogP contribution is -2.41. The van der Waals surface area contributed by atoms with Gasteiger partial charge in [0.1, 0.15) is 0 Å². The maximum atomic E-state index is 13.2. The van der Waals surface area contributed by atoms with E-state index in [1.165, 1.54) is 11.8 Å². The van der Waals surface area contributed by atoms with E-state index in [4.69, 9.17) is 5.11 Å². The number of carboxylic acids is 1. The molecule has 1 amide bonds. The van der Waals surface area contributed by atoms with E-state index in [2.05, 4.69) is 5.32 Å². The van der Waals surface area contributed by atoms with Gasteiger partial charge in [0.2, 0.25) is 5.91 Å². The number of nitrogens with one attached hydrogen (secondary N) is 1. The van der Waals surface area contributed by atoms with Crippen molar-refractivity contribution in [1.82, 2.24) is 4.90 Å². The molecule has 1 unspecified atom stereocenters. The zero-order valence-corrected chi connectivity index (χ0v) is 15.8. The number of likely N-dealkylation sites (tertiary alicyclic amines) is 1. The van der Waals surface area contributed by atoms with E-state index < -0.39 is 42.5 Å². The van der Waals surface area contributed by atoms with Crippen molar-refractivity contribution in [3.05, 3.63) is 29.3 Å². The van der Waals surface area contributed by atoms with E-state index in [0.717, 1.165) is 11.1 Å². The number of amides is 1. The second-order valence-corrected chi connectivity index (χ2v) is 7.41. The Kier molecular flexibility index (Phi) is 6.19. The number of hydrogen-bond donors (Lipinski definition) is 2. The van der Waals surface area contributed by atoms with Gasteiger partial charge in [0, 0.05) is 18.8 Å². The molecule has 1 saturated heterocycles. The summed E-state index contributed by atoms with van der Waals surface area (Å²) in [5, 5.41) is 12.0. The number of hydrogen-bond acceptors (Lipinski definition) is 3. The number of aryl methyl sites for hydroxylation is 1. The predicted molar refractivity (Wildman–Crippen MR) is 95.6 cm³/mol. The molecular formula is C19H25F3N2O3. The highest BCUT2D eigenvalue weighted by atomic mass is 19.4. The molecule has 0 aliphatic carbocycles. The summed E-state index contributed by atoms with van der Waals surface area (Å²) in [6.45, 7) is 6.51. The lowest BCUT2D eigenvalue weighted by atomic mass is 9.96. The van der Waals surface area contributed by atoms with E-state index in [0.29, 0.717) is 5.69 Å². The number of benzene rings is 1. The van der Waals surface area contributed by atoms with Crippen molar-refractivity contribution >= 4 is 17.6 Å². The van der Waals surface area contributed by atoms with Crippen LogP contribution < -0.4 is 5.32 Å². The van der Waals surface area contributed by atoms with Crippen molar-refractivity contribution in [3.63, 3.8) is 0 Å². The lowest BCUT2D eigenvalue weighted by molar-refractivity contribution is -0.188. The SMILES string of the molecule is Cc1cccc(C(C)C)c1NC(=O)C(C)N1C[C@@H](C(F)(F)F)[C@H](C(=O)O)C1. The summed E-state index contributed by atoms with van der Waals surface area (Å²) in [6, 6.07) is 4.75. The summed E-state index contributed by atoms with van der Waals surface area (Å²) in [5.41, 5.74) is 2.46. The van der Waals surface area contributed by atoms with Gasteiger partial charge in [-0.15, -0.1) is 0 Å². The Morgan fingerprint density at radius 2 is 1.85 bits per heavy atom. The van der Waals surface area contributed by atoms with Crippen LogP contribution in [0.3, 0.4) is 0 Å². The smallest absolute Gasteiger partial charge is 0.393 e. The van der Waals surface area contributed by atoms with Gasteiger partial charge in [-0.2, -0.15) is 13.2 Å². The highest BCUT2D eigenvalue weighted by Gasteiger charge is 2.53. The van der Waals surface area contributed by atoms with Crippen LogP contribution in [-0.4, -0.2) is 47.2 Å². The third-order valence-corrected chi connectivity index (χ3v) is 5.19. The van der Waals surface area contributed by atoms with Gasteiger partial charge in [-0.05, 0) is 30.9 Å². The minimum Gasteiger partial charge on any atom is -0.481 e. The second kappa shape index (κ2) is 7.88. The molecule has 1 aromatic carbocycles. The maximum Gasteiger partial charge on any atom is 0.393 e. The highest BCUT2D eigenvalue weighted by Crippen LogP contribution is 2.38. The first-order valence-electron chi connectivity index (χ1n) is 8.87. The Labute approximate surface area is 156 Å².